The average Bonchev–Trinajstić information content (AvgIpc) is 2.36. The number of hydrogen-bond acceptors (Lipinski definition) is 4. The van der Waals surface area contributed by atoms with Crippen molar-refractivity contribution in [3.63, 3.8) is 0 Å². The van der Waals surface area contributed by atoms with E-state index in [2.05, 4.69) is 5.32 Å². The maximum absolute atomic E-state index is 11.6. The van der Waals surface area contributed by atoms with E-state index in [4.69, 9.17) is 26.8 Å². The third kappa shape index (κ3) is 5.24. The number of benzene rings is 1. The van der Waals surface area contributed by atoms with Gasteiger partial charge in [0.1, 0.15) is 11.8 Å². The lowest BCUT2D eigenvalue weighted by molar-refractivity contribution is -0.123. The number of nitrogens with two attached hydrogens (primary N) is 1. The van der Waals surface area contributed by atoms with Gasteiger partial charge in [-0.15, -0.1) is 12.4 Å². The zero-order chi connectivity index (χ0) is 13.5. The summed E-state index contributed by atoms with van der Waals surface area (Å²) in [7, 11) is 3.04. The summed E-state index contributed by atoms with van der Waals surface area (Å²) < 4.78 is 9.98. The number of hydrogen-bond donors (Lipinski definition) is 2. The summed E-state index contributed by atoms with van der Waals surface area (Å²) in [5.74, 6) is 0.335. The first kappa shape index (κ1) is 18.0. The quantitative estimate of drug-likeness (QED) is 0.832. The van der Waals surface area contributed by atoms with Crippen molar-refractivity contribution in [3.8, 4) is 5.75 Å². The van der Waals surface area contributed by atoms with Gasteiger partial charge in [0.15, 0.2) is 0 Å². The Hall–Kier alpha value is -1.01. The zero-order valence-electron chi connectivity index (χ0n) is 10.8. The van der Waals surface area contributed by atoms with Gasteiger partial charge in [0.25, 0.3) is 0 Å². The maximum Gasteiger partial charge on any atom is 0.239 e. The lowest BCUT2D eigenvalue weighted by Crippen LogP contribution is -2.43. The highest BCUT2D eigenvalue weighted by atomic mass is 35.5. The van der Waals surface area contributed by atoms with Crippen LogP contribution in [-0.4, -0.2) is 32.8 Å². The van der Waals surface area contributed by atoms with Crippen molar-refractivity contribution >= 4 is 29.9 Å². The lowest BCUT2D eigenvalue weighted by Gasteiger charge is -2.14. The predicted octanol–water partition coefficient (Wildman–Crippen LogP) is 1.36. The van der Waals surface area contributed by atoms with E-state index in [1.807, 2.05) is 0 Å². The Morgan fingerprint density at radius 3 is 2.74 bits per heavy atom. The summed E-state index contributed by atoms with van der Waals surface area (Å²) in [5.41, 5.74) is 6.32. The Labute approximate surface area is 123 Å². The number of amides is 1. The molecule has 1 unspecified atom stereocenters. The molecule has 7 heteroatoms. The maximum atomic E-state index is 11.6. The number of halogens is 2. The molecule has 1 aromatic rings. The highest BCUT2D eigenvalue weighted by molar-refractivity contribution is 6.31. The van der Waals surface area contributed by atoms with Crippen LogP contribution < -0.4 is 15.8 Å². The van der Waals surface area contributed by atoms with Crippen LogP contribution in [0.5, 0.6) is 5.75 Å². The molecule has 1 rings (SSSR count). The molecule has 5 nitrogen and oxygen atoms in total. The lowest BCUT2D eigenvalue weighted by atomic mass is 10.2. The molecule has 0 aromatic heterocycles. The van der Waals surface area contributed by atoms with Crippen molar-refractivity contribution < 1.29 is 14.3 Å². The van der Waals surface area contributed by atoms with Crippen LogP contribution in [0.4, 0.5) is 0 Å². The smallest absolute Gasteiger partial charge is 0.239 e. The van der Waals surface area contributed by atoms with E-state index in [0.717, 1.165) is 5.56 Å². The van der Waals surface area contributed by atoms with Gasteiger partial charge < -0.3 is 20.5 Å². The van der Waals surface area contributed by atoms with Crippen LogP contribution in [0, 0.1) is 0 Å². The molecule has 0 fully saturated rings. The molecule has 0 spiro atoms. The fourth-order valence-electron chi connectivity index (χ4n) is 1.46. The van der Waals surface area contributed by atoms with Gasteiger partial charge in [-0.3, -0.25) is 4.79 Å². The summed E-state index contributed by atoms with van der Waals surface area (Å²) in [6, 6.07) is 4.61. The molecular formula is C12H18Cl2N2O3. The van der Waals surface area contributed by atoms with Crippen LogP contribution >= 0.6 is 24.0 Å². The number of methoxy groups -OCH3 is 2. The molecule has 1 amide bonds. The van der Waals surface area contributed by atoms with Gasteiger partial charge in [-0.2, -0.15) is 0 Å². The molecule has 0 heterocycles. The fourth-order valence-corrected chi connectivity index (χ4v) is 1.70. The Morgan fingerprint density at radius 2 is 2.16 bits per heavy atom. The van der Waals surface area contributed by atoms with Crippen LogP contribution in [0.3, 0.4) is 0 Å². The predicted molar refractivity (Wildman–Crippen MR) is 77.0 cm³/mol. The van der Waals surface area contributed by atoms with E-state index in [0.29, 0.717) is 10.8 Å². The summed E-state index contributed by atoms with van der Waals surface area (Å²) in [5, 5.41) is 3.23. The van der Waals surface area contributed by atoms with Crippen LogP contribution in [0.25, 0.3) is 0 Å². The van der Waals surface area contributed by atoms with Crippen LogP contribution in [0.2, 0.25) is 5.02 Å². The molecule has 0 saturated carbocycles. The van der Waals surface area contributed by atoms with Crippen LogP contribution in [0.1, 0.15) is 5.56 Å². The molecule has 19 heavy (non-hydrogen) atoms. The normalized spacial score (nSPS) is 11.4. The first-order valence-corrected chi connectivity index (χ1v) is 5.81. The Morgan fingerprint density at radius 1 is 1.47 bits per heavy atom. The van der Waals surface area contributed by atoms with Crippen LogP contribution in [-0.2, 0) is 16.1 Å². The third-order valence-electron chi connectivity index (χ3n) is 2.42. The minimum absolute atomic E-state index is 0. The molecule has 0 aliphatic heterocycles. The fraction of sp³-hybridized carbons (Fsp3) is 0.417. The molecule has 0 aliphatic carbocycles. The number of rotatable bonds is 6. The van der Waals surface area contributed by atoms with E-state index in [9.17, 15) is 4.79 Å². The summed E-state index contributed by atoms with van der Waals surface area (Å²) in [6.45, 7) is 0.435. The number of nitrogens with one attached hydrogen (secondary N) is 1. The van der Waals surface area contributed by atoms with Gasteiger partial charge in [0.05, 0.1) is 13.7 Å². The van der Waals surface area contributed by atoms with Crippen molar-refractivity contribution in [2.75, 3.05) is 20.8 Å². The van der Waals surface area contributed by atoms with E-state index in [-0.39, 0.29) is 31.5 Å². The van der Waals surface area contributed by atoms with Crippen molar-refractivity contribution in [2.24, 2.45) is 5.73 Å². The molecule has 1 aromatic carbocycles. The number of ether oxygens (including phenoxy) is 2. The van der Waals surface area contributed by atoms with Crippen molar-refractivity contribution in [1.82, 2.24) is 5.32 Å². The number of carbonyl (C=O) groups excluding carboxylic acids is 1. The summed E-state index contributed by atoms with van der Waals surface area (Å²) >= 11 is 6.05. The van der Waals surface area contributed by atoms with Gasteiger partial charge in [-0.25, -0.2) is 0 Å². The second-order valence-electron chi connectivity index (χ2n) is 3.70. The molecule has 0 bridgehead atoms. The SMILES string of the molecule is COCC(N)C(=O)NCc1c(Cl)cccc1OC.Cl. The molecule has 0 radical (unpaired) electrons. The first-order chi connectivity index (χ1) is 8.60. The second-order valence-corrected chi connectivity index (χ2v) is 4.11. The minimum atomic E-state index is -0.691. The average molecular weight is 309 g/mol. The minimum Gasteiger partial charge on any atom is -0.496 e. The highest BCUT2D eigenvalue weighted by Gasteiger charge is 2.14. The van der Waals surface area contributed by atoms with Crippen LogP contribution in [0.15, 0.2) is 18.2 Å². The summed E-state index contributed by atoms with van der Waals surface area (Å²) in [4.78, 5) is 11.6. The Bertz CT molecular complexity index is 416. The van der Waals surface area contributed by atoms with E-state index >= 15 is 0 Å². The highest BCUT2D eigenvalue weighted by Crippen LogP contribution is 2.25. The first-order valence-electron chi connectivity index (χ1n) is 5.43. The molecule has 1 atom stereocenters. The molecular weight excluding hydrogens is 291 g/mol. The van der Waals surface area contributed by atoms with Gasteiger partial charge in [-0.05, 0) is 12.1 Å². The van der Waals surface area contributed by atoms with Crippen molar-refractivity contribution in [1.29, 1.82) is 0 Å². The zero-order valence-corrected chi connectivity index (χ0v) is 12.4. The second kappa shape index (κ2) is 8.98. The van der Waals surface area contributed by atoms with Crippen molar-refractivity contribution in [2.45, 2.75) is 12.6 Å². The topological polar surface area (TPSA) is 73.6 Å². The van der Waals surface area contributed by atoms with Gasteiger partial charge in [-0.1, -0.05) is 17.7 Å². The molecule has 0 aliphatic rings. The largest absolute Gasteiger partial charge is 0.496 e. The van der Waals surface area contributed by atoms with E-state index < -0.39 is 6.04 Å². The third-order valence-corrected chi connectivity index (χ3v) is 2.77. The Kier molecular flexibility index (Phi) is 8.51. The molecule has 0 saturated heterocycles. The van der Waals surface area contributed by atoms with Gasteiger partial charge >= 0.3 is 0 Å². The number of carbonyl (C=O) groups is 1. The Balaban J connectivity index is 0.00000324. The summed E-state index contributed by atoms with van der Waals surface area (Å²) in [6.07, 6.45) is 0. The molecule has 3 N–H and O–H groups in total. The van der Waals surface area contributed by atoms with Crippen molar-refractivity contribution in [3.05, 3.63) is 28.8 Å². The standard InChI is InChI=1S/C12H17ClN2O3.ClH/c1-17-7-10(14)12(16)15-6-8-9(13)4-3-5-11(8)18-2;/h3-5,10H,6-7,14H2,1-2H3,(H,15,16);1H. The van der Waals surface area contributed by atoms with Gasteiger partial charge in [0.2, 0.25) is 5.91 Å². The van der Waals surface area contributed by atoms with E-state index in [1.165, 1.54) is 7.11 Å². The monoisotopic (exact) mass is 308 g/mol. The van der Waals surface area contributed by atoms with E-state index in [1.54, 1.807) is 25.3 Å². The molecule has 108 valence electrons. The van der Waals surface area contributed by atoms with Gasteiger partial charge in [0, 0.05) is 24.2 Å².